The fourth-order valence-electron chi connectivity index (χ4n) is 1.31. The third-order valence-electron chi connectivity index (χ3n) is 2.27. The van der Waals surface area contributed by atoms with E-state index in [1.807, 2.05) is 0 Å². The van der Waals surface area contributed by atoms with Gasteiger partial charge in [-0.25, -0.2) is 4.39 Å². The van der Waals surface area contributed by atoms with Gasteiger partial charge in [0, 0.05) is 13.0 Å². The van der Waals surface area contributed by atoms with Crippen molar-refractivity contribution in [3.8, 4) is 0 Å². The largest absolute Gasteiger partial charge is 0.469 e. The molecule has 0 aromatic heterocycles. The average Bonchev–Trinajstić information content (AvgIpc) is 2.37. The van der Waals surface area contributed by atoms with E-state index in [2.05, 4.69) is 26.0 Å². The molecular formula is C12H13BrFNO3. The van der Waals surface area contributed by atoms with Crippen LogP contribution in [-0.4, -0.2) is 25.5 Å². The molecule has 0 unspecified atom stereocenters. The molecule has 1 aromatic rings. The van der Waals surface area contributed by atoms with Gasteiger partial charge in [-0.2, -0.15) is 0 Å². The normalized spacial score (nSPS) is 9.94. The quantitative estimate of drug-likeness (QED) is 0.669. The number of hydrogen-bond donors (Lipinski definition) is 1. The number of esters is 1. The second kappa shape index (κ2) is 7.10. The summed E-state index contributed by atoms with van der Waals surface area (Å²) in [5.41, 5.74) is -0.0255. The van der Waals surface area contributed by atoms with Crippen LogP contribution < -0.4 is 5.32 Å². The Morgan fingerprint density at radius 2 is 2.17 bits per heavy atom. The number of hydrogen-bond acceptors (Lipinski definition) is 3. The summed E-state index contributed by atoms with van der Waals surface area (Å²) >= 11 is 3.01. The number of amides is 1. The molecule has 1 rings (SSSR count). The molecule has 6 heteroatoms. The third-order valence-corrected chi connectivity index (χ3v) is 2.88. The molecule has 0 aliphatic carbocycles. The van der Waals surface area contributed by atoms with Crippen LogP contribution in [0.4, 0.5) is 4.39 Å². The van der Waals surface area contributed by atoms with Crippen molar-refractivity contribution in [2.75, 3.05) is 13.7 Å². The zero-order chi connectivity index (χ0) is 13.5. The van der Waals surface area contributed by atoms with Crippen molar-refractivity contribution >= 4 is 27.8 Å². The first-order chi connectivity index (χ1) is 8.56. The number of rotatable bonds is 5. The van der Waals surface area contributed by atoms with E-state index >= 15 is 0 Å². The van der Waals surface area contributed by atoms with Gasteiger partial charge < -0.3 is 10.1 Å². The summed E-state index contributed by atoms with van der Waals surface area (Å²) < 4.78 is 18.3. The molecule has 98 valence electrons. The standard InChI is InChI=1S/C12H13BrFNO3/c1-18-10(16)6-3-7-15-12(17)8-4-2-5-9(13)11(8)14/h2,4-5H,3,6-7H2,1H3,(H,15,17). The van der Waals surface area contributed by atoms with E-state index < -0.39 is 11.7 Å². The number of methoxy groups -OCH3 is 1. The Bertz CT molecular complexity index is 451. The van der Waals surface area contributed by atoms with E-state index in [0.29, 0.717) is 13.0 Å². The summed E-state index contributed by atoms with van der Waals surface area (Å²) in [5.74, 6) is -1.43. The molecule has 4 nitrogen and oxygen atoms in total. The summed E-state index contributed by atoms with van der Waals surface area (Å²) in [6.45, 7) is 0.292. The zero-order valence-electron chi connectivity index (χ0n) is 9.83. The maximum atomic E-state index is 13.6. The van der Waals surface area contributed by atoms with Crippen molar-refractivity contribution in [2.45, 2.75) is 12.8 Å². The van der Waals surface area contributed by atoms with Gasteiger partial charge in [0.1, 0.15) is 5.82 Å². The van der Waals surface area contributed by atoms with Crippen molar-refractivity contribution < 1.29 is 18.7 Å². The number of nitrogens with one attached hydrogen (secondary N) is 1. The number of carbonyl (C=O) groups is 2. The first kappa shape index (κ1) is 14.6. The summed E-state index contributed by atoms with van der Waals surface area (Å²) in [4.78, 5) is 22.5. The Hall–Kier alpha value is -1.43. The molecule has 0 atom stereocenters. The Balaban J connectivity index is 2.46. The molecule has 0 saturated carbocycles. The summed E-state index contributed by atoms with van der Waals surface area (Å²) in [6.07, 6.45) is 0.672. The minimum Gasteiger partial charge on any atom is -0.469 e. The van der Waals surface area contributed by atoms with Crippen LogP contribution in [0.25, 0.3) is 0 Å². The predicted octanol–water partition coefficient (Wildman–Crippen LogP) is 2.27. The maximum absolute atomic E-state index is 13.6. The van der Waals surface area contributed by atoms with E-state index in [4.69, 9.17) is 0 Å². The van der Waals surface area contributed by atoms with Crippen LogP contribution in [0.2, 0.25) is 0 Å². The van der Waals surface area contributed by atoms with E-state index in [1.165, 1.54) is 19.2 Å². The number of ether oxygens (including phenoxy) is 1. The highest BCUT2D eigenvalue weighted by Crippen LogP contribution is 2.18. The van der Waals surface area contributed by atoms with Crippen LogP contribution in [0.3, 0.4) is 0 Å². The molecule has 0 radical (unpaired) electrons. The Morgan fingerprint density at radius 1 is 1.44 bits per heavy atom. The molecular weight excluding hydrogens is 305 g/mol. The van der Waals surface area contributed by atoms with Crippen molar-refractivity contribution in [2.24, 2.45) is 0 Å². The number of benzene rings is 1. The predicted molar refractivity (Wildman–Crippen MR) is 67.7 cm³/mol. The zero-order valence-corrected chi connectivity index (χ0v) is 11.4. The molecule has 0 heterocycles. The molecule has 1 amide bonds. The molecule has 1 N–H and O–H groups in total. The van der Waals surface area contributed by atoms with Crippen LogP contribution >= 0.6 is 15.9 Å². The van der Waals surface area contributed by atoms with Crippen molar-refractivity contribution in [3.05, 3.63) is 34.1 Å². The fourth-order valence-corrected chi connectivity index (χ4v) is 1.68. The first-order valence-corrected chi connectivity index (χ1v) is 6.14. The minimum absolute atomic E-state index is 0.0255. The van der Waals surface area contributed by atoms with Gasteiger partial charge in [-0.15, -0.1) is 0 Å². The average molecular weight is 318 g/mol. The lowest BCUT2D eigenvalue weighted by Crippen LogP contribution is -2.26. The van der Waals surface area contributed by atoms with Gasteiger partial charge in [-0.05, 0) is 34.5 Å². The monoisotopic (exact) mass is 317 g/mol. The SMILES string of the molecule is COC(=O)CCCNC(=O)c1cccc(Br)c1F. The van der Waals surface area contributed by atoms with E-state index in [9.17, 15) is 14.0 Å². The Morgan fingerprint density at radius 3 is 2.83 bits per heavy atom. The van der Waals surface area contributed by atoms with Gasteiger partial charge in [0.2, 0.25) is 0 Å². The molecule has 0 bridgehead atoms. The van der Waals surface area contributed by atoms with Crippen LogP contribution in [0, 0.1) is 5.82 Å². The third kappa shape index (κ3) is 4.10. The fraction of sp³-hybridized carbons (Fsp3) is 0.333. The molecule has 0 aliphatic heterocycles. The minimum atomic E-state index is -0.594. The van der Waals surface area contributed by atoms with Crippen LogP contribution in [0.5, 0.6) is 0 Å². The van der Waals surface area contributed by atoms with E-state index in [0.717, 1.165) is 0 Å². The van der Waals surface area contributed by atoms with Crippen molar-refractivity contribution in [1.82, 2.24) is 5.32 Å². The molecule has 0 fully saturated rings. The van der Waals surface area contributed by atoms with Gasteiger partial charge in [-0.3, -0.25) is 9.59 Å². The van der Waals surface area contributed by atoms with Gasteiger partial charge in [0.25, 0.3) is 5.91 Å². The first-order valence-electron chi connectivity index (χ1n) is 5.35. The van der Waals surface area contributed by atoms with Gasteiger partial charge in [-0.1, -0.05) is 6.07 Å². The van der Waals surface area contributed by atoms with Crippen LogP contribution in [-0.2, 0) is 9.53 Å². The van der Waals surface area contributed by atoms with Gasteiger partial charge >= 0.3 is 5.97 Å². The Kier molecular flexibility index (Phi) is 5.77. The second-order valence-corrected chi connectivity index (χ2v) is 4.39. The van der Waals surface area contributed by atoms with Crippen LogP contribution in [0.1, 0.15) is 23.2 Å². The van der Waals surface area contributed by atoms with Crippen molar-refractivity contribution in [3.63, 3.8) is 0 Å². The molecule has 0 spiro atoms. The molecule has 18 heavy (non-hydrogen) atoms. The van der Waals surface area contributed by atoms with Gasteiger partial charge in [0.15, 0.2) is 0 Å². The number of carbonyl (C=O) groups excluding carboxylic acids is 2. The lowest BCUT2D eigenvalue weighted by molar-refractivity contribution is -0.140. The highest BCUT2D eigenvalue weighted by atomic mass is 79.9. The highest BCUT2D eigenvalue weighted by Gasteiger charge is 2.13. The molecule has 0 aliphatic rings. The number of halogens is 2. The molecule has 0 saturated heterocycles. The van der Waals surface area contributed by atoms with Gasteiger partial charge in [0.05, 0.1) is 17.1 Å². The Labute approximate surface area is 113 Å². The van der Waals surface area contributed by atoms with E-state index in [1.54, 1.807) is 6.07 Å². The second-order valence-electron chi connectivity index (χ2n) is 3.54. The lowest BCUT2D eigenvalue weighted by Gasteiger charge is -2.06. The summed E-state index contributed by atoms with van der Waals surface area (Å²) in [5, 5.41) is 2.54. The summed E-state index contributed by atoms with van der Waals surface area (Å²) in [7, 11) is 1.30. The topological polar surface area (TPSA) is 55.4 Å². The maximum Gasteiger partial charge on any atom is 0.305 e. The lowest BCUT2D eigenvalue weighted by atomic mass is 10.2. The smallest absolute Gasteiger partial charge is 0.305 e. The molecule has 1 aromatic carbocycles. The highest BCUT2D eigenvalue weighted by molar-refractivity contribution is 9.10. The van der Waals surface area contributed by atoms with Crippen molar-refractivity contribution in [1.29, 1.82) is 0 Å². The summed E-state index contributed by atoms with van der Waals surface area (Å²) in [6, 6.07) is 4.50. The van der Waals surface area contributed by atoms with Crippen LogP contribution in [0.15, 0.2) is 22.7 Å². The van der Waals surface area contributed by atoms with E-state index in [-0.39, 0.29) is 22.4 Å².